The second-order valence-corrected chi connectivity index (χ2v) is 26.4. The van der Waals surface area contributed by atoms with Gasteiger partial charge in [0.05, 0.1) is 80.3 Å². The highest BCUT2D eigenvalue weighted by Gasteiger charge is 2.30. The minimum atomic E-state index is -0.577. The molecule has 0 unspecified atom stereocenters. The first-order valence-electron chi connectivity index (χ1n) is 34.4. The number of halogens is 4. The van der Waals surface area contributed by atoms with E-state index in [9.17, 15) is 36.7 Å². The number of hydrogen-bond donors (Lipinski definition) is 8. The van der Waals surface area contributed by atoms with Gasteiger partial charge in [0, 0.05) is 63.5 Å². The third kappa shape index (κ3) is 16.3. The van der Waals surface area contributed by atoms with Gasteiger partial charge >= 0.3 is 0 Å². The highest BCUT2D eigenvalue weighted by atomic mass is 32.1. The Labute approximate surface area is 629 Å². The van der Waals surface area contributed by atoms with E-state index in [-0.39, 0.29) is 85.7 Å². The van der Waals surface area contributed by atoms with Crippen molar-refractivity contribution in [2.45, 2.75) is 26.2 Å². The molecule has 4 amide bonds. The van der Waals surface area contributed by atoms with Crippen molar-refractivity contribution in [1.29, 1.82) is 0 Å². The van der Waals surface area contributed by atoms with Crippen molar-refractivity contribution in [3.63, 3.8) is 0 Å². The lowest BCUT2D eigenvalue weighted by Crippen LogP contribution is -2.14. The van der Waals surface area contributed by atoms with Crippen molar-refractivity contribution in [3.05, 3.63) is 236 Å². The van der Waals surface area contributed by atoms with Crippen LogP contribution in [0.4, 0.5) is 40.3 Å². The number of nitrogens with zero attached hydrogens (tertiary/aromatic N) is 4. The molecule has 14 aromatic rings. The molecule has 1 saturated carbocycles. The molecule has 10 heterocycles. The first kappa shape index (κ1) is 70.9. The van der Waals surface area contributed by atoms with E-state index in [1.54, 1.807) is 30.3 Å². The van der Waals surface area contributed by atoms with E-state index in [0.29, 0.717) is 89.7 Å². The van der Waals surface area contributed by atoms with Crippen molar-refractivity contribution < 1.29 is 79.1 Å². The predicted octanol–water partition coefficient (Wildman–Crippen LogP) is 16.8. The summed E-state index contributed by atoms with van der Waals surface area (Å²) in [7, 11) is 0. The fourth-order valence-corrected chi connectivity index (χ4v) is 12.7. The minimum Gasteiger partial charge on any atom is -0.459 e. The molecule has 1 aliphatic carbocycles. The maximum Gasteiger partial charge on any atom is 0.291 e. The van der Waals surface area contributed by atoms with Crippen LogP contribution < -0.4 is 59.2 Å². The summed E-state index contributed by atoms with van der Waals surface area (Å²) in [6.07, 6.45) is 18.1. The summed E-state index contributed by atoms with van der Waals surface area (Å²) in [5.41, 5.74) is 8.87. The number of amides is 4. The number of nitrogens with one attached hydrogen (secondary N) is 8. The summed E-state index contributed by atoms with van der Waals surface area (Å²) in [5, 5.41) is 43.2. The number of thiophene rings is 1. The van der Waals surface area contributed by atoms with E-state index in [4.69, 9.17) is 42.3 Å². The lowest BCUT2D eigenvalue weighted by molar-refractivity contribution is -0.117. The number of ether oxygens (including phenoxy) is 8. The molecule has 111 heavy (non-hydrogen) atoms. The third-order valence-electron chi connectivity index (χ3n) is 17.7. The zero-order chi connectivity index (χ0) is 76.1. The number of fused-ring (bicyclic) bond motifs is 8. The molecule has 0 saturated heterocycles. The van der Waals surface area contributed by atoms with E-state index in [2.05, 4.69) is 62.1 Å². The second kappa shape index (κ2) is 31.2. The van der Waals surface area contributed by atoms with Gasteiger partial charge in [-0.05, 0) is 156 Å². The number of aromatic amines is 4. The molecule has 4 aliphatic heterocycles. The maximum absolute atomic E-state index is 14.4. The van der Waals surface area contributed by atoms with E-state index in [1.165, 1.54) is 60.9 Å². The Hall–Kier alpha value is -14.4. The number of anilines is 4. The molecule has 0 atom stereocenters. The number of carbonyl (C=O) groups excluding carboxylic acids is 4. The average Bonchev–Trinajstić information content (AvgIpc) is 1.66. The SMILES string of the molecule is CC(=O)Nc1cc2c(/C=C/c3ccc4c(c3)OCO4)n[nH]c2cc1F.O=C(Cc1cccs1)Nc1cc2c(/C=C/c3ccc4c(c3)OCO4)n[nH]c2cc1F.O=C(Nc1cc2c(/C=C/c3ccc4c(c3)OCO4)n[nH]c2cc1F)C1CC1.O=C(Nc1cc2c(/C=C/c3ccc4c(c3)OCO4)n[nH]c2cc1F)c1ccco1. The van der Waals surface area contributed by atoms with Crippen molar-refractivity contribution in [2.24, 2.45) is 5.92 Å². The van der Waals surface area contributed by atoms with Crippen LogP contribution >= 0.6 is 11.3 Å². The fourth-order valence-electron chi connectivity index (χ4n) is 12.0. The minimum absolute atomic E-state index is 0.00909. The first-order chi connectivity index (χ1) is 54.1. The standard InChI is InChI=1S/C22H16FN3O3S.C21H14FN3O4.C20H16FN3O3.C18H14FN3O3/c23-16-11-18-15(10-19(16)24-22(27)9-14-2-1-7-30-14)17(25-26-18)5-3-13-4-6-20-21(8-13)29-12-28-20;22-14-10-16-13(9-17(14)23-21(26)19-2-1-7-27-19)15(24-25-16)5-3-12-4-6-18-20(8-12)29-11-28-18;21-14-9-16-13(8-17(14)22-20(25)12-3-4-12)15(23-24-16)5-1-11-2-6-18-19(7-11)27-10-26-18;1-10(23)20-16-7-12-14(21-22-15(12)8-13(16)19)4-2-11-3-5-17-18(6-11)25-9-24-17/h1-8,10-11H,9,12H2,(H,24,27)(H,25,26);1-10H,11H2,(H,23,26)(H,24,25);1-2,5-9,12H,3-4,10H2,(H,22,25)(H,23,24);2-8H,9H2,1H3,(H,20,23)(H,21,22)/b2*5-3+;5-1+;4-2+. The molecule has 5 aliphatic rings. The summed E-state index contributed by atoms with van der Waals surface area (Å²) in [4.78, 5) is 48.5. The van der Waals surface area contributed by atoms with Gasteiger partial charge in [-0.3, -0.25) is 39.6 Å². The predicted molar refractivity (Wildman–Crippen MR) is 409 cm³/mol. The first-order valence-corrected chi connectivity index (χ1v) is 35.2. The molecule has 19 rings (SSSR count). The molecule has 0 bridgehead atoms. The van der Waals surface area contributed by atoms with Gasteiger partial charge in [0.1, 0.15) is 23.3 Å². The summed E-state index contributed by atoms with van der Waals surface area (Å²) >= 11 is 1.49. The van der Waals surface area contributed by atoms with Crippen LogP contribution in [0.15, 0.2) is 162 Å². The van der Waals surface area contributed by atoms with Crippen LogP contribution in [0.1, 0.15) is 80.2 Å². The molecule has 556 valence electrons. The van der Waals surface area contributed by atoms with Crippen LogP contribution in [0.2, 0.25) is 0 Å². The second-order valence-electron chi connectivity index (χ2n) is 25.4. The van der Waals surface area contributed by atoms with Gasteiger partial charge in [0.15, 0.2) is 51.8 Å². The molecule has 30 heteroatoms. The fraction of sp³-hybridized carbons (Fsp3) is 0.111. The van der Waals surface area contributed by atoms with Crippen LogP contribution in [0.3, 0.4) is 0 Å². The van der Waals surface area contributed by atoms with Gasteiger partial charge < -0.3 is 63.6 Å². The number of hydrogen-bond acceptors (Lipinski definition) is 18. The van der Waals surface area contributed by atoms with Gasteiger partial charge in [-0.15, -0.1) is 11.3 Å². The quantitative estimate of drug-likeness (QED) is 0.0417. The molecule has 8 aromatic carbocycles. The Balaban J connectivity index is 0.000000112. The van der Waals surface area contributed by atoms with Gasteiger partial charge in [-0.1, -0.05) is 54.6 Å². The van der Waals surface area contributed by atoms with Crippen LogP contribution in [-0.4, -0.2) is 91.6 Å². The maximum atomic E-state index is 14.4. The number of furan rings is 1. The molecule has 1 fully saturated rings. The Bertz CT molecular complexity index is 6060. The van der Waals surface area contributed by atoms with Crippen molar-refractivity contribution in [2.75, 3.05) is 48.4 Å². The van der Waals surface area contributed by atoms with Gasteiger partial charge in [0.25, 0.3) is 5.91 Å². The molecule has 25 nitrogen and oxygen atoms in total. The molecule has 8 N–H and O–H groups in total. The number of carbonyl (C=O) groups is 4. The molecular formula is C81H60F4N12O13S. The number of H-pyrrole nitrogens is 4. The lowest BCUT2D eigenvalue weighted by atomic mass is 10.1. The molecule has 0 spiro atoms. The van der Waals surface area contributed by atoms with Gasteiger partial charge in [-0.25, -0.2) is 17.6 Å². The largest absolute Gasteiger partial charge is 0.459 e. The summed E-state index contributed by atoms with van der Waals surface area (Å²) in [5.74, 6) is 2.41. The zero-order valence-corrected chi connectivity index (χ0v) is 59.0. The van der Waals surface area contributed by atoms with Crippen molar-refractivity contribution in [1.82, 2.24) is 40.8 Å². The topological polar surface area (TPSA) is 318 Å². The molecule has 0 radical (unpaired) electrons. The zero-order valence-electron chi connectivity index (χ0n) is 58.2. The van der Waals surface area contributed by atoms with Gasteiger partial charge in [0.2, 0.25) is 44.9 Å². The highest BCUT2D eigenvalue weighted by molar-refractivity contribution is 7.10. The molecule has 6 aromatic heterocycles. The van der Waals surface area contributed by atoms with Gasteiger partial charge in [-0.2, -0.15) is 20.4 Å². The Morgan fingerprint density at radius 3 is 1.13 bits per heavy atom. The van der Waals surface area contributed by atoms with Crippen LogP contribution in [0.5, 0.6) is 46.0 Å². The summed E-state index contributed by atoms with van der Waals surface area (Å²) in [6, 6.07) is 40.9. The summed E-state index contributed by atoms with van der Waals surface area (Å²) in [6.45, 7) is 2.22. The Morgan fingerprint density at radius 1 is 0.423 bits per heavy atom. The normalized spacial score (nSPS) is 13.5. The summed E-state index contributed by atoms with van der Waals surface area (Å²) < 4.78 is 105. The number of benzene rings is 8. The number of aromatic nitrogens is 8. The highest BCUT2D eigenvalue weighted by Crippen LogP contribution is 2.39. The van der Waals surface area contributed by atoms with Crippen LogP contribution in [0.25, 0.3) is 92.2 Å². The third-order valence-corrected chi connectivity index (χ3v) is 18.6. The van der Waals surface area contributed by atoms with Crippen LogP contribution in [0, 0.1) is 29.2 Å². The van der Waals surface area contributed by atoms with Crippen LogP contribution in [-0.2, 0) is 20.8 Å². The monoisotopic (exact) mass is 1520 g/mol. The van der Waals surface area contributed by atoms with E-state index in [1.807, 2.05) is 133 Å². The van der Waals surface area contributed by atoms with Crippen molar-refractivity contribution >= 4 is 150 Å². The number of rotatable bonds is 16. The molecular weight excluding hydrogens is 1460 g/mol. The average molecular weight is 1520 g/mol. The van der Waals surface area contributed by atoms with E-state index >= 15 is 0 Å². The van der Waals surface area contributed by atoms with E-state index in [0.717, 1.165) is 62.6 Å². The smallest absolute Gasteiger partial charge is 0.291 e. The van der Waals surface area contributed by atoms with Crippen molar-refractivity contribution in [3.8, 4) is 46.0 Å². The Morgan fingerprint density at radius 2 is 0.784 bits per heavy atom. The lowest BCUT2D eigenvalue weighted by Gasteiger charge is -2.06. The Kier molecular flexibility index (Phi) is 19.9. The van der Waals surface area contributed by atoms with E-state index < -0.39 is 29.2 Å².